The van der Waals surface area contributed by atoms with E-state index in [1.165, 1.54) is 13.2 Å². The Labute approximate surface area is 128 Å². The van der Waals surface area contributed by atoms with Crippen LogP contribution in [0.15, 0.2) is 12.1 Å². The van der Waals surface area contributed by atoms with E-state index in [0.29, 0.717) is 21.4 Å². The topological polar surface area (TPSA) is 64.3 Å². The van der Waals surface area contributed by atoms with Gasteiger partial charge in [0.05, 0.1) is 22.7 Å². The third kappa shape index (κ3) is 3.57. The van der Waals surface area contributed by atoms with Crippen molar-refractivity contribution in [3.05, 3.63) is 27.7 Å². The molecule has 1 aliphatic carbocycles. The van der Waals surface area contributed by atoms with Gasteiger partial charge in [0.2, 0.25) is 0 Å². The van der Waals surface area contributed by atoms with Crippen LogP contribution in [-0.4, -0.2) is 25.1 Å². The van der Waals surface area contributed by atoms with Crippen LogP contribution in [0.2, 0.25) is 10.0 Å². The largest absolute Gasteiger partial charge is 0.496 e. The summed E-state index contributed by atoms with van der Waals surface area (Å²) in [6.07, 6.45) is 3.67. The Bertz CT molecular complexity index is 500. The lowest BCUT2D eigenvalue weighted by atomic mass is 9.91. The fourth-order valence-corrected chi connectivity index (χ4v) is 2.72. The monoisotopic (exact) mass is 316 g/mol. The van der Waals surface area contributed by atoms with Gasteiger partial charge < -0.3 is 15.8 Å². The molecule has 2 rings (SSSR count). The fourth-order valence-electron chi connectivity index (χ4n) is 2.40. The number of nitrogens with one attached hydrogen (secondary N) is 1. The molecule has 1 aromatic rings. The summed E-state index contributed by atoms with van der Waals surface area (Å²) in [6.45, 7) is 0. The average molecular weight is 317 g/mol. The molecule has 1 amide bonds. The standard InChI is InChI=1S/C14H18Cl2N2O2/c1-20-13-7-12(16)11(15)6-10(13)14(19)18-9-4-2-8(17)3-5-9/h6-9H,2-5,17H2,1H3,(H,18,19). The molecule has 0 spiro atoms. The smallest absolute Gasteiger partial charge is 0.255 e. The van der Waals surface area contributed by atoms with E-state index >= 15 is 0 Å². The van der Waals surface area contributed by atoms with Gasteiger partial charge in [-0.1, -0.05) is 23.2 Å². The molecule has 110 valence electrons. The van der Waals surface area contributed by atoms with Gasteiger partial charge in [-0.05, 0) is 31.7 Å². The van der Waals surface area contributed by atoms with Crippen LogP contribution in [0.3, 0.4) is 0 Å². The highest BCUT2D eigenvalue weighted by Gasteiger charge is 2.22. The molecule has 1 aliphatic rings. The Morgan fingerprint density at radius 3 is 2.45 bits per heavy atom. The van der Waals surface area contributed by atoms with Crippen molar-refractivity contribution >= 4 is 29.1 Å². The average Bonchev–Trinajstić information content (AvgIpc) is 2.43. The van der Waals surface area contributed by atoms with E-state index in [2.05, 4.69) is 5.32 Å². The van der Waals surface area contributed by atoms with E-state index < -0.39 is 0 Å². The first-order chi connectivity index (χ1) is 9.51. The highest BCUT2D eigenvalue weighted by atomic mass is 35.5. The van der Waals surface area contributed by atoms with Crippen LogP contribution in [0.5, 0.6) is 5.75 Å². The molecule has 0 aromatic heterocycles. The SMILES string of the molecule is COc1cc(Cl)c(Cl)cc1C(=O)NC1CCC(N)CC1. The number of hydrogen-bond acceptors (Lipinski definition) is 3. The number of hydrogen-bond donors (Lipinski definition) is 2. The highest BCUT2D eigenvalue weighted by Crippen LogP contribution is 2.30. The molecule has 0 unspecified atom stereocenters. The number of carbonyl (C=O) groups excluding carboxylic acids is 1. The minimum Gasteiger partial charge on any atom is -0.496 e. The first-order valence-electron chi connectivity index (χ1n) is 6.60. The predicted molar refractivity (Wildman–Crippen MR) is 80.7 cm³/mol. The molecule has 6 heteroatoms. The van der Waals surface area contributed by atoms with Crippen LogP contribution >= 0.6 is 23.2 Å². The highest BCUT2D eigenvalue weighted by molar-refractivity contribution is 6.42. The van der Waals surface area contributed by atoms with Crippen LogP contribution in [0.4, 0.5) is 0 Å². The molecule has 20 heavy (non-hydrogen) atoms. The van der Waals surface area contributed by atoms with Crippen molar-refractivity contribution in [1.29, 1.82) is 0 Å². The van der Waals surface area contributed by atoms with Crippen molar-refractivity contribution in [2.45, 2.75) is 37.8 Å². The van der Waals surface area contributed by atoms with Crippen LogP contribution in [0.1, 0.15) is 36.0 Å². The zero-order valence-electron chi connectivity index (χ0n) is 11.3. The first kappa shape index (κ1) is 15.4. The zero-order valence-corrected chi connectivity index (χ0v) is 12.8. The van der Waals surface area contributed by atoms with Gasteiger partial charge in [-0.25, -0.2) is 0 Å². The lowest BCUT2D eigenvalue weighted by Crippen LogP contribution is -2.40. The first-order valence-corrected chi connectivity index (χ1v) is 7.36. The summed E-state index contributed by atoms with van der Waals surface area (Å²) in [6, 6.07) is 3.49. The lowest BCUT2D eigenvalue weighted by Gasteiger charge is -2.27. The second kappa shape index (κ2) is 6.66. The predicted octanol–water partition coefficient (Wildman–Crippen LogP) is 3.00. The summed E-state index contributed by atoms with van der Waals surface area (Å²) in [4.78, 5) is 12.3. The van der Waals surface area contributed by atoms with Gasteiger partial charge in [0.15, 0.2) is 0 Å². The van der Waals surface area contributed by atoms with E-state index in [1.807, 2.05) is 0 Å². The van der Waals surface area contributed by atoms with Gasteiger partial charge in [0.1, 0.15) is 5.75 Å². The molecule has 1 saturated carbocycles. The van der Waals surface area contributed by atoms with Gasteiger partial charge in [0.25, 0.3) is 5.91 Å². The number of ether oxygens (including phenoxy) is 1. The van der Waals surface area contributed by atoms with Crippen LogP contribution in [0, 0.1) is 0 Å². The number of rotatable bonds is 3. The van der Waals surface area contributed by atoms with Gasteiger partial charge in [-0.3, -0.25) is 4.79 Å². The normalized spacial score (nSPS) is 22.4. The summed E-state index contributed by atoms with van der Waals surface area (Å²) >= 11 is 11.9. The van der Waals surface area contributed by atoms with Crippen molar-refractivity contribution in [2.75, 3.05) is 7.11 Å². The molecule has 0 aliphatic heterocycles. The molecule has 0 bridgehead atoms. The number of methoxy groups -OCH3 is 1. The molecule has 1 aromatic carbocycles. The van der Waals surface area contributed by atoms with E-state index in [1.54, 1.807) is 6.07 Å². The molecular weight excluding hydrogens is 299 g/mol. The lowest BCUT2D eigenvalue weighted by molar-refractivity contribution is 0.0923. The van der Waals surface area contributed by atoms with E-state index in [0.717, 1.165) is 25.7 Å². The van der Waals surface area contributed by atoms with E-state index in [4.69, 9.17) is 33.7 Å². The van der Waals surface area contributed by atoms with Gasteiger partial charge in [0, 0.05) is 18.2 Å². The quantitative estimate of drug-likeness (QED) is 0.901. The zero-order chi connectivity index (χ0) is 14.7. The number of amides is 1. The Kier molecular flexibility index (Phi) is 5.13. The number of nitrogens with two attached hydrogens (primary N) is 1. The third-order valence-electron chi connectivity index (χ3n) is 3.59. The van der Waals surface area contributed by atoms with E-state index in [9.17, 15) is 4.79 Å². The Hall–Kier alpha value is -0.970. The van der Waals surface area contributed by atoms with Crippen molar-refractivity contribution < 1.29 is 9.53 Å². The van der Waals surface area contributed by atoms with Crippen molar-refractivity contribution in [3.63, 3.8) is 0 Å². The van der Waals surface area contributed by atoms with Crippen molar-refractivity contribution in [1.82, 2.24) is 5.32 Å². The minimum absolute atomic E-state index is 0.154. The fraction of sp³-hybridized carbons (Fsp3) is 0.500. The van der Waals surface area contributed by atoms with Gasteiger partial charge in [-0.2, -0.15) is 0 Å². The summed E-state index contributed by atoms with van der Waals surface area (Å²) < 4.78 is 5.18. The summed E-state index contributed by atoms with van der Waals surface area (Å²) in [7, 11) is 1.50. The van der Waals surface area contributed by atoms with Crippen molar-refractivity contribution in [3.8, 4) is 5.75 Å². The maximum absolute atomic E-state index is 12.3. The second-order valence-corrected chi connectivity index (χ2v) is 5.87. The van der Waals surface area contributed by atoms with Crippen LogP contribution in [-0.2, 0) is 0 Å². The van der Waals surface area contributed by atoms with Gasteiger partial charge in [-0.15, -0.1) is 0 Å². The second-order valence-electron chi connectivity index (χ2n) is 5.05. The molecule has 1 fully saturated rings. The molecule has 0 saturated heterocycles. The number of benzene rings is 1. The molecule has 0 heterocycles. The summed E-state index contributed by atoms with van der Waals surface area (Å²) in [5, 5.41) is 3.70. The maximum atomic E-state index is 12.3. The minimum atomic E-state index is -0.194. The number of carbonyl (C=O) groups is 1. The van der Waals surface area contributed by atoms with E-state index in [-0.39, 0.29) is 18.0 Å². The maximum Gasteiger partial charge on any atom is 0.255 e. The van der Waals surface area contributed by atoms with Crippen molar-refractivity contribution in [2.24, 2.45) is 5.73 Å². The summed E-state index contributed by atoms with van der Waals surface area (Å²) in [5.74, 6) is 0.227. The Morgan fingerprint density at radius 1 is 1.25 bits per heavy atom. The number of halogens is 2. The molecule has 4 nitrogen and oxygen atoms in total. The van der Waals surface area contributed by atoms with Crippen LogP contribution in [0.25, 0.3) is 0 Å². The molecule has 0 atom stereocenters. The molecular formula is C14H18Cl2N2O2. The molecule has 0 radical (unpaired) electrons. The summed E-state index contributed by atoms with van der Waals surface area (Å²) in [5.41, 5.74) is 6.26. The third-order valence-corrected chi connectivity index (χ3v) is 4.32. The Balaban J connectivity index is 2.11. The Morgan fingerprint density at radius 2 is 1.85 bits per heavy atom. The van der Waals surface area contributed by atoms with Crippen LogP contribution < -0.4 is 15.8 Å². The van der Waals surface area contributed by atoms with Gasteiger partial charge >= 0.3 is 0 Å². The molecule has 3 N–H and O–H groups in total.